The molecular weight excluding hydrogens is 396 g/mol. The van der Waals surface area contributed by atoms with Crippen LogP contribution < -0.4 is 0 Å². The molecule has 1 aliphatic rings. The van der Waals surface area contributed by atoms with E-state index in [1.54, 1.807) is 6.07 Å². The van der Waals surface area contributed by atoms with Crippen LogP contribution in [0.15, 0.2) is 53.4 Å². The van der Waals surface area contributed by atoms with Gasteiger partial charge in [-0.3, -0.25) is 10.1 Å². The van der Waals surface area contributed by atoms with E-state index in [2.05, 4.69) is 0 Å². The van der Waals surface area contributed by atoms with Crippen molar-refractivity contribution in [3.05, 3.63) is 69.8 Å². The predicted molar refractivity (Wildman–Crippen MR) is 106 cm³/mol. The maximum absolute atomic E-state index is 12.8. The Morgan fingerprint density at radius 3 is 2.59 bits per heavy atom. The van der Waals surface area contributed by atoms with Gasteiger partial charge in [-0.2, -0.15) is 4.31 Å². The molecule has 0 aromatic heterocycles. The van der Waals surface area contributed by atoms with E-state index in [1.165, 1.54) is 46.8 Å². The summed E-state index contributed by atoms with van der Waals surface area (Å²) in [6.45, 7) is 2.28. The van der Waals surface area contributed by atoms with E-state index in [0.29, 0.717) is 12.1 Å². The lowest BCUT2D eigenvalue weighted by Gasteiger charge is -2.32. The minimum absolute atomic E-state index is 0.0479. The minimum atomic E-state index is -3.60. The number of nitrogens with zero attached hydrogens (tertiary/aromatic N) is 2. The molecule has 8 nitrogen and oxygen atoms in total. The van der Waals surface area contributed by atoms with Crippen molar-refractivity contribution in [3.8, 4) is 0 Å². The van der Waals surface area contributed by atoms with E-state index in [4.69, 9.17) is 4.74 Å². The molecule has 1 heterocycles. The molecule has 1 atom stereocenters. The van der Waals surface area contributed by atoms with Gasteiger partial charge < -0.3 is 4.74 Å². The molecule has 0 spiro atoms. The van der Waals surface area contributed by atoms with Crippen molar-refractivity contribution in [1.82, 2.24) is 4.31 Å². The molecular formula is C20H22N2O6S. The van der Waals surface area contributed by atoms with Crippen molar-refractivity contribution in [1.29, 1.82) is 0 Å². The number of ether oxygens (including phenoxy) is 1. The Morgan fingerprint density at radius 2 is 1.93 bits per heavy atom. The van der Waals surface area contributed by atoms with Crippen molar-refractivity contribution >= 4 is 21.7 Å². The lowest BCUT2D eigenvalue weighted by molar-refractivity contribution is -0.384. The molecule has 3 rings (SSSR count). The molecule has 2 aromatic carbocycles. The molecule has 0 bridgehead atoms. The fourth-order valence-corrected chi connectivity index (χ4v) is 5.02. The monoisotopic (exact) mass is 418 g/mol. The summed E-state index contributed by atoms with van der Waals surface area (Å²) in [6, 6.07) is 11.4. The van der Waals surface area contributed by atoms with Gasteiger partial charge in [0, 0.05) is 24.7 Å². The third-order valence-corrected chi connectivity index (χ3v) is 6.96. The maximum Gasteiger partial charge on any atom is 0.338 e. The second-order valence-corrected chi connectivity index (χ2v) is 8.88. The largest absolute Gasteiger partial charge is 0.457 e. The van der Waals surface area contributed by atoms with Crippen LogP contribution >= 0.6 is 0 Å². The highest BCUT2D eigenvalue weighted by atomic mass is 32.2. The molecule has 0 saturated carbocycles. The fraction of sp³-hybridized carbons (Fsp3) is 0.350. The smallest absolute Gasteiger partial charge is 0.338 e. The maximum atomic E-state index is 12.8. The number of nitro groups is 1. The number of non-ortho nitro benzene ring substituents is 1. The average molecular weight is 418 g/mol. The van der Waals surface area contributed by atoms with Gasteiger partial charge in [0.05, 0.1) is 15.4 Å². The Balaban J connectivity index is 1.67. The predicted octanol–water partition coefficient (Wildman–Crippen LogP) is 3.51. The number of carbonyl (C=O) groups is 1. The molecule has 1 unspecified atom stereocenters. The minimum Gasteiger partial charge on any atom is -0.457 e. The van der Waals surface area contributed by atoms with Gasteiger partial charge in [-0.15, -0.1) is 0 Å². The van der Waals surface area contributed by atoms with Crippen molar-refractivity contribution in [2.45, 2.75) is 43.7 Å². The first-order valence-corrected chi connectivity index (χ1v) is 10.8. The van der Waals surface area contributed by atoms with E-state index < -0.39 is 20.9 Å². The third kappa shape index (κ3) is 4.80. The summed E-state index contributed by atoms with van der Waals surface area (Å²) in [7, 11) is -3.60. The van der Waals surface area contributed by atoms with Gasteiger partial charge in [0.25, 0.3) is 5.69 Å². The highest BCUT2D eigenvalue weighted by Gasteiger charge is 2.30. The summed E-state index contributed by atoms with van der Waals surface area (Å²) in [5, 5.41) is 10.8. The number of esters is 1. The van der Waals surface area contributed by atoms with Crippen LogP contribution in [0.3, 0.4) is 0 Å². The van der Waals surface area contributed by atoms with Crippen LogP contribution in [0.5, 0.6) is 0 Å². The van der Waals surface area contributed by atoms with Gasteiger partial charge in [0.15, 0.2) is 0 Å². The molecule has 9 heteroatoms. The summed E-state index contributed by atoms with van der Waals surface area (Å²) in [4.78, 5) is 22.7. The number of carbonyl (C=O) groups excluding carboxylic acids is 1. The van der Waals surface area contributed by atoms with Crippen LogP contribution in [0.2, 0.25) is 0 Å². The molecule has 29 heavy (non-hydrogen) atoms. The normalized spacial score (nSPS) is 17.6. The van der Waals surface area contributed by atoms with E-state index >= 15 is 0 Å². The second kappa shape index (κ2) is 8.71. The summed E-state index contributed by atoms with van der Waals surface area (Å²) in [5.74, 6) is -0.633. The molecule has 154 valence electrons. The van der Waals surface area contributed by atoms with Crippen molar-refractivity contribution in [2.24, 2.45) is 0 Å². The van der Waals surface area contributed by atoms with Crippen LogP contribution in [0.4, 0.5) is 5.69 Å². The number of hydrogen-bond acceptors (Lipinski definition) is 6. The molecule has 0 N–H and O–H groups in total. The molecule has 1 fully saturated rings. The van der Waals surface area contributed by atoms with Gasteiger partial charge in [-0.25, -0.2) is 13.2 Å². The number of nitro benzene ring substituents is 1. The zero-order valence-corrected chi connectivity index (χ0v) is 16.8. The van der Waals surface area contributed by atoms with Gasteiger partial charge in [0.1, 0.15) is 6.61 Å². The van der Waals surface area contributed by atoms with Crippen LogP contribution in [0.1, 0.15) is 42.1 Å². The number of sulfonamides is 1. The number of hydrogen-bond donors (Lipinski definition) is 0. The summed E-state index contributed by atoms with van der Waals surface area (Å²) in [5.41, 5.74) is 0.618. The van der Waals surface area contributed by atoms with Crippen LogP contribution in [0.25, 0.3) is 0 Å². The first-order valence-electron chi connectivity index (χ1n) is 9.31. The zero-order valence-electron chi connectivity index (χ0n) is 16.0. The highest BCUT2D eigenvalue weighted by Crippen LogP contribution is 2.25. The average Bonchev–Trinajstić information content (AvgIpc) is 2.72. The zero-order chi connectivity index (χ0) is 21.0. The van der Waals surface area contributed by atoms with Crippen molar-refractivity contribution in [3.63, 3.8) is 0 Å². The van der Waals surface area contributed by atoms with Crippen LogP contribution in [-0.2, 0) is 21.4 Å². The standard InChI is InChI=1S/C20H22N2O6S/c1-15-5-2-3-12-21(15)29(26,27)19-10-8-17(9-11-19)20(23)28-14-16-6-4-7-18(13-16)22(24)25/h4,6-11,13,15H,2-3,5,12,14H2,1H3. The Hall–Kier alpha value is -2.78. The molecule has 0 aliphatic carbocycles. The SMILES string of the molecule is CC1CCCCN1S(=O)(=O)c1ccc(C(=O)OCc2cccc([N+](=O)[O-])c2)cc1. The van der Waals surface area contributed by atoms with Crippen molar-refractivity contribution < 1.29 is 22.9 Å². The van der Waals surface area contributed by atoms with Gasteiger partial charge in [0.2, 0.25) is 10.0 Å². The first kappa shape index (κ1) is 20.9. The lowest BCUT2D eigenvalue weighted by Crippen LogP contribution is -2.41. The Bertz CT molecular complexity index is 1000. The Kier molecular flexibility index (Phi) is 6.29. The van der Waals surface area contributed by atoms with E-state index in [1.807, 2.05) is 6.92 Å². The second-order valence-electron chi connectivity index (χ2n) is 6.99. The number of rotatable bonds is 6. The fourth-order valence-electron chi connectivity index (χ4n) is 3.32. The van der Waals surface area contributed by atoms with Crippen LogP contribution in [-0.4, -0.2) is 36.2 Å². The first-order chi connectivity index (χ1) is 13.8. The summed E-state index contributed by atoms with van der Waals surface area (Å²) in [6.07, 6.45) is 2.69. The van der Waals surface area contributed by atoms with Gasteiger partial charge in [-0.1, -0.05) is 18.6 Å². The molecule has 1 aliphatic heterocycles. The third-order valence-electron chi connectivity index (χ3n) is 4.93. The highest BCUT2D eigenvalue weighted by molar-refractivity contribution is 7.89. The molecule has 0 amide bonds. The van der Waals surface area contributed by atoms with E-state index in [-0.39, 0.29) is 28.8 Å². The van der Waals surface area contributed by atoms with Gasteiger partial charge >= 0.3 is 5.97 Å². The molecule has 1 saturated heterocycles. The quantitative estimate of drug-likeness (QED) is 0.404. The Labute approximate surface area is 169 Å². The Morgan fingerprint density at radius 1 is 1.21 bits per heavy atom. The topological polar surface area (TPSA) is 107 Å². The number of piperidine rings is 1. The summed E-state index contributed by atoms with van der Waals surface area (Å²) >= 11 is 0. The lowest BCUT2D eigenvalue weighted by atomic mass is 10.1. The number of benzene rings is 2. The van der Waals surface area contributed by atoms with Crippen molar-refractivity contribution in [2.75, 3.05) is 6.54 Å². The van der Waals surface area contributed by atoms with E-state index in [9.17, 15) is 23.3 Å². The molecule has 2 aromatic rings. The molecule has 0 radical (unpaired) electrons. The van der Waals surface area contributed by atoms with Gasteiger partial charge in [-0.05, 0) is 49.6 Å². The van der Waals surface area contributed by atoms with Crippen LogP contribution in [0, 0.1) is 10.1 Å². The van der Waals surface area contributed by atoms with E-state index in [0.717, 1.165) is 19.3 Å². The summed E-state index contributed by atoms with van der Waals surface area (Å²) < 4.78 is 32.4.